The minimum atomic E-state index is -0.236. The van der Waals surface area contributed by atoms with Crippen LogP contribution in [0, 0.1) is 0 Å². The van der Waals surface area contributed by atoms with Crippen LogP contribution in [0.4, 0.5) is 0 Å². The Hall–Kier alpha value is -1.64. The highest BCUT2D eigenvalue weighted by atomic mass is 16.5. The zero-order valence-electron chi connectivity index (χ0n) is 11.0. The minimum absolute atomic E-state index is 0.236. The molecule has 0 saturated heterocycles. The van der Waals surface area contributed by atoms with Gasteiger partial charge in [0.1, 0.15) is 22.8 Å². The average molecular weight is 246 g/mol. The molecule has 2 aliphatic rings. The van der Waals surface area contributed by atoms with E-state index in [1.165, 1.54) is 5.56 Å². The molecule has 0 amide bonds. The third kappa shape index (κ3) is 1.50. The standard InChI is InChI=1S/C15H18O3/c1-15-7-5-4-6-11(15)14-12(17-3)8-10(16-2)9-13(14)18-15/h5,7-9,11H,4,6H2,1-3H3/t11-,15-/m0/s1. The number of fused-ring (bicyclic) bond motifs is 3. The van der Waals surface area contributed by atoms with E-state index in [4.69, 9.17) is 14.2 Å². The summed E-state index contributed by atoms with van der Waals surface area (Å²) in [7, 11) is 3.36. The van der Waals surface area contributed by atoms with Gasteiger partial charge in [-0.25, -0.2) is 0 Å². The van der Waals surface area contributed by atoms with E-state index in [1.54, 1.807) is 14.2 Å². The van der Waals surface area contributed by atoms with Gasteiger partial charge in [0.15, 0.2) is 0 Å². The third-order valence-electron chi connectivity index (χ3n) is 3.97. The van der Waals surface area contributed by atoms with E-state index < -0.39 is 0 Å². The van der Waals surface area contributed by atoms with Crippen LogP contribution in [-0.4, -0.2) is 19.8 Å². The molecule has 3 heteroatoms. The Morgan fingerprint density at radius 3 is 2.83 bits per heavy atom. The molecule has 1 heterocycles. The first-order valence-corrected chi connectivity index (χ1v) is 6.30. The molecular weight excluding hydrogens is 228 g/mol. The molecule has 0 unspecified atom stereocenters. The number of allylic oxidation sites excluding steroid dienone is 1. The maximum atomic E-state index is 6.14. The van der Waals surface area contributed by atoms with Gasteiger partial charge in [-0.2, -0.15) is 0 Å². The lowest BCUT2D eigenvalue weighted by molar-refractivity contribution is 0.132. The summed E-state index contributed by atoms with van der Waals surface area (Å²) in [6.45, 7) is 2.14. The van der Waals surface area contributed by atoms with E-state index in [-0.39, 0.29) is 5.60 Å². The first-order chi connectivity index (χ1) is 8.68. The predicted octanol–water partition coefficient (Wildman–Crippen LogP) is 3.29. The second kappa shape index (κ2) is 3.94. The van der Waals surface area contributed by atoms with Crippen molar-refractivity contribution >= 4 is 0 Å². The van der Waals surface area contributed by atoms with Crippen molar-refractivity contribution < 1.29 is 14.2 Å². The van der Waals surface area contributed by atoms with Gasteiger partial charge in [0, 0.05) is 23.6 Å². The second-order valence-corrected chi connectivity index (χ2v) is 5.06. The molecule has 1 aromatic carbocycles. The lowest BCUT2D eigenvalue weighted by Crippen LogP contribution is -2.33. The Morgan fingerprint density at radius 1 is 1.28 bits per heavy atom. The van der Waals surface area contributed by atoms with Gasteiger partial charge in [0.05, 0.1) is 14.2 Å². The number of ether oxygens (including phenoxy) is 3. The first kappa shape index (κ1) is 11.5. The Bertz CT molecular complexity index is 507. The molecule has 0 spiro atoms. The van der Waals surface area contributed by atoms with Gasteiger partial charge in [0.25, 0.3) is 0 Å². The van der Waals surface area contributed by atoms with Crippen molar-refractivity contribution in [3.8, 4) is 17.2 Å². The molecule has 3 nitrogen and oxygen atoms in total. The minimum Gasteiger partial charge on any atom is -0.496 e. The fourth-order valence-electron chi connectivity index (χ4n) is 3.05. The van der Waals surface area contributed by atoms with Gasteiger partial charge in [-0.1, -0.05) is 6.08 Å². The van der Waals surface area contributed by atoms with Gasteiger partial charge in [0.2, 0.25) is 0 Å². The lowest BCUT2D eigenvalue weighted by atomic mass is 9.78. The van der Waals surface area contributed by atoms with Crippen LogP contribution in [0.3, 0.4) is 0 Å². The number of benzene rings is 1. The van der Waals surface area contributed by atoms with E-state index in [2.05, 4.69) is 19.1 Å². The van der Waals surface area contributed by atoms with Crippen LogP contribution in [-0.2, 0) is 0 Å². The molecular formula is C15H18O3. The number of rotatable bonds is 2. The van der Waals surface area contributed by atoms with Crippen LogP contribution >= 0.6 is 0 Å². The zero-order valence-corrected chi connectivity index (χ0v) is 11.0. The molecule has 0 bridgehead atoms. The van der Waals surface area contributed by atoms with Crippen LogP contribution < -0.4 is 14.2 Å². The molecule has 0 aromatic heterocycles. The van der Waals surface area contributed by atoms with Gasteiger partial charge < -0.3 is 14.2 Å². The summed E-state index contributed by atoms with van der Waals surface area (Å²) in [6, 6.07) is 3.89. The normalized spacial score (nSPS) is 28.3. The van der Waals surface area contributed by atoms with Crippen molar-refractivity contribution in [2.45, 2.75) is 31.3 Å². The van der Waals surface area contributed by atoms with Crippen LogP contribution in [0.2, 0.25) is 0 Å². The summed E-state index contributed by atoms with van der Waals surface area (Å²) in [5.41, 5.74) is 0.949. The Labute approximate surface area is 107 Å². The monoisotopic (exact) mass is 246 g/mol. The molecule has 1 aromatic rings. The van der Waals surface area contributed by atoms with Crippen LogP contribution in [0.5, 0.6) is 17.2 Å². The maximum Gasteiger partial charge on any atom is 0.131 e. The highest BCUT2D eigenvalue weighted by molar-refractivity contribution is 5.57. The zero-order chi connectivity index (χ0) is 12.8. The van der Waals surface area contributed by atoms with Crippen LogP contribution in [0.1, 0.15) is 31.2 Å². The fourth-order valence-corrected chi connectivity index (χ4v) is 3.05. The lowest BCUT2D eigenvalue weighted by Gasteiger charge is -2.30. The first-order valence-electron chi connectivity index (χ1n) is 6.30. The van der Waals surface area contributed by atoms with Gasteiger partial charge in [-0.05, 0) is 25.8 Å². The van der Waals surface area contributed by atoms with Crippen molar-refractivity contribution in [2.24, 2.45) is 0 Å². The predicted molar refractivity (Wildman–Crippen MR) is 69.7 cm³/mol. The Kier molecular flexibility index (Phi) is 2.51. The summed E-state index contributed by atoms with van der Waals surface area (Å²) in [6.07, 6.45) is 6.57. The van der Waals surface area contributed by atoms with Crippen molar-refractivity contribution in [2.75, 3.05) is 14.2 Å². The largest absolute Gasteiger partial charge is 0.496 e. The van der Waals surface area contributed by atoms with E-state index in [0.717, 1.165) is 30.1 Å². The summed E-state index contributed by atoms with van der Waals surface area (Å²) in [4.78, 5) is 0. The summed E-state index contributed by atoms with van der Waals surface area (Å²) in [5, 5.41) is 0. The third-order valence-corrected chi connectivity index (χ3v) is 3.97. The topological polar surface area (TPSA) is 27.7 Å². The van der Waals surface area contributed by atoms with Crippen LogP contribution in [0.15, 0.2) is 24.3 Å². The Morgan fingerprint density at radius 2 is 2.11 bits per heavy atom. The van der Waals surface area contributed by atoms with Gasteiger partial charge in [-0.15, -0.1) is 0 Å². The highest BCUT2D eigenvalue weighted by Gasteiger charge is 2.46. The van der Waals surface area contributed by atoms with Crippen LogP contribution in [0.25, 0.3) is 0 Å². The average Bonchev–Trinajstić information content (AvgIpc) is 2.69. The van der Waals surface area contributed by atoms with E-state index in [0.29, 0.717) is 5.92 Å². The van der Waals surface area contributed by atoms with E-state index >= 15 is 0 Å². The van der Waals surface area contributed by atoms with Gasteiger partial charge in [-0.3, -0.25) is 0 Å². The van der Waals surface area contributed by atoms with Crippen molar-refractivity contribution in [3.63, 3.8) is 0 Å². The van der Waals surface area contributed by atoms with Gasteiger partial charge >= 0.3 is 0 Å². The Balaban J connectivity index is 2.15. The molecule has 0 saturated carbocycles. The molecule has 1 aliphatic heterocycles. The number of methoxy groups -OCH3 is 2. The quantitative estimate of drug-likeness (QED) is 0.749. The number of hydrogen-bond donors (Lipinski definition) is 0. The summed E-state index contributed by atoms with van der Waals surface area (Å²) in [5.74, 6) is 2.91. The molecule has 3 rings (SSSR count). The van der Waals surface area contributed by atoms with E-state index in [9.17, 15) is 0 Å². The smallest absolute Gasteiger partial charge is 0.131 e. The summed E-state index contributed by atoms with van der Waals surface area (Å²) >= 11 is 0. The summed E-state index contributed by atoms with van der Waals surface area (Å²) < 4.78 is 16.9. The second-order valence-electron chi connectivity index (χ2n) is 5.06. The highest BCUT2D eigenvalue weighted by Crippen LogP contribution is 2.54. The molecule has 96 valence electrons. The van der Waals surface area contributed by atoms with Crippen molar-refractivity contribution in [1.29, 1.82) is 0 Å². The number of hydrogen-bond acceptors (Lipinski definition) is 3. The SMILES string of the molecule is COc1cc(OC)c2c(c1)O[C@@]1(C)C=CCC[C@@H]21. The molecule has 2 atom stereocenters. The van der Waals surface area contributed by atoms with Crippen molar-refractivity contribution in [3.05, 3.63) is 29.8 Å². The van der Waals surface area contributed by atoms with Crippen molar-refractivity contribution in [1.82, 2.24) is 0 Å². The van der Waals surface area contributed by atoms with E-state index in [1.807, 2.05) is 12.1 Å². The molecule has 0 N–H and O–H groups in total. The molecule has 1 aliphatic carbocycles. The molecule has 0 fully saturated rings. The maximum absolute atomic E-state index is 6.14. The molecule has 18 heavy (non-hydrogen) atoms. The fraction of sp³-hybridized carbons (Fsp3) is 0.467. The molecule has 0 radical (unpaired) electrons.